The molecule has 0 spiro atoms. The van der Waals surface area contributed by atoms with Crippen LogP contribution in [-0.4, -0.2) is 17.7 Å². The number of nitrogens with one attached hydrogen (secondary N) is 1. The van der Waals surface area contributed by atoms with Crippen molar-refractivity contribution >= 4 is 17.2 Å². The number of thiophene rings is 1. The number of hydrogen-bond acceptors (Lipinski definition) is 4. The highest BCUT2D eigenvalue weighted by atomic mass is 32.1. The predicted molar refractivity (Wildman–Crippen MR) is 44.7 cm³/mol. The van der Waals surface area contributed by atoms with E-state index in [1.54, 1.807) is 16.9 Å². The molecule has 0 saturated heterocycles. The molecule has 5 heteroatoms. The molecule has 0 aromatic carbocycles. The van der Waals surface area contributed by atoms with E-state index in [1.807, 2.05) is 6.92 Å². The highest BCUT2D eigenvalue weighted by Gasteiger charge is 2.12. The Morgan fingerprint density at radius 1 is 1.83 bits per heavy atom. The Morgan fingerprint density at radius 2 is 2.58 bits per heavy atom. The molecule has 0 fully saturated rings. The van der Waals surface area contributed by atoms with Crippen molar-refractivity contribution in [3.8, 4) is 5.75 Å². The van der Waals surface area contributed by atoms with Crippen molar-refractivity contribution in [2.75, 3.05) is 6.61 Å². The molecule has 0 aliphatic heterocycles. The molecule has 0 bridgehead atoms. The molecule has 1 heterocycles. The van der Waals surface area contributed by atoms with Gasteiger partial charge in [-0.25, -0.2) is 5.48 Å². The second kappa shape index (κ2) is 4.08. The number of amides is 1. The maximum Gasteiger partial charge on any atom is 0.288 e. The molecule has 66 valence electrons. The molecule has 1 amide bonds. The lowest BCUT2D eigenvalue weighted by Crippen LogP contribution is -2.18. The van der Waals surface area contributed by atoms with Gasteiger partial charge < -0.3 is 4.74 Å². The van der Waals surface area contributed by atoms with Gasteiger partial charge in [-0.15, -0.1) is 11.3 Å². The molecule has 1 aromatic heterocycles. The molecule has 2 N–H and O–H groups in total. The number of hydrogen-bond donors (Lipinski definition) is 2. The molecule has 4 nitrogen and oxygen atoms in total. The van der Waals surface area contributed by atoms with Gasteiger partial charge in [0.25, 0.3) is 5.91 Å². The van der Waals surface area contributed by atoms with Gasteiger partial charge in [0.05, 0.1) is 6.61 Å². The minimum Gasteiger partial charge on any atom is -0.492 e. The molecule has 0 radical (unpaired) electrons. The fourth-order valence-corrected chi connectivity index (χ4v) is 1.51. The smallest absolute Gasteiger partial charge is 0.288 e. The van der Waals surface area contributed by atoms with E-state index in [1.165, 1.54) is 11.3 Å². The van der Waals surface area contributed by atoms with Gasteiger partial charge in [0, 0.05) is 0 Å². The number of carbonyl (C=O) groups is 1. The SMILES string of the molecule is CCOc1ccsc1C(=O)NO. The van der Waals surface area contributed by atoms with Gasteiger partial charge in [0.1, 0.15) is 10.6 Å². The van der Waals surface area contributed by atoms with Gasteiger partial charge in [-0.2, -0.15) is 0 Å². The summed E-state index contributed by atoms with van der Waals surface area (Å²) in [5.41, 5.74) is 1.56. The van der Waals surface area contributed by atoms with Crippen LogP contribution >= 0.6 is 11.3 Å². The van der Waals surface area contributed by atoms with Crippen LogP contribution in [-0.2, 0) is 0 Å². The van der Waals surface area contributed by atoms with E-state index >= 15 is 0 Å². The zero-order valence-electron chi connectivity index (χ0n) is 6.53. The van der Waals surface area contributed by atoms with Crippen molar-refractivity contribution in [3.63, 3.8) is 0 Å². The third-order valence-corrected chi connectivity index (χ3v) is 2.13. The Balaban J connectivity index is 2.83. The Kier molecular flexibility index (Phi) is 3.07. The molecule has 0 aliphatic rings. The molecule has 1 aromatic rings. The van der Waals surface area contributed by atoms with Gasteiger partial charge in [-0.05, 0) is 18.4 Å². The maximum atomic E-state index is 10.9. The lowest BCUT2D eigenvalue weighted by atomic mass is 10.4. The summed E-state index contributed by atoms with van der Waals surface area (Å²) in [5, 5.41) is 10.1. The lowest BCUT2D eigenvalue weighted by molar-refractivity contribution is 0.0707. The van der Waals surface area contributed by atoms with Gasteiger partial charge in [0.15, 0.2) is 0 Å². The fourth-order valence-electron chi connectivity index (χ4n) is 0.783. The highest BCUT2D eigenvalue weighted by molar-refractivity contribution is 7.12. The molecule has 1 rings (SSSR count). The molecule has 0 aliphatic carbocycles. The van der Waals surface area contributed by atoms with Crippen LogP contribution in [0.2, 0.25) is 0 Å². The van der Waals surface area contributed by atoms with Gasteiger partial charge in [0.2, 0.25) is 0 Å². The molecule has 12 heavy (non-hydrogen) atoms. The van der Waals surface area contributed by atoms with E-state index in [9.17, 15) is 4.79 Å². The third kappa shape index (κ3) is 1.75. The summed E-state index contributed by atoms with van der Waals surface area (Å²) in [4.78, 5) is 11.3. The monoisotopic (exact) mass is 187 g/mol. The molecular formula is C7H9NO3S. The van der Waals surface area contributed by atoms with Crippen molar-refractivity contribution in [3.05, 3.63) is 16.3 Å². The first-order valence-electron chi connectivity index (χ1n) is 3.44. The first kappa shape index (κ1) is 9.02. The Bertz CT molecular complexity index is 271. The van der Waals surface area contributed by atoms with E-state index in [4.69, 9.17) is 9.94 Å². The normalized spacial score (nSPS) is 9.50. The van der Waals surface area contributed by atoms with E-state index in [0.29, 0.717) is 17.2 Å². The average Bonchev–Trinajstić information content (AvgIpc) is 2.52. The van der Waals surface area contributed by atoms with Crippen LogP contribution in [0.1, 0.15) is 16.6 Å². The first-order valence-corrected chi connectivity index (χ1v) is 4.32. The summed E-state index contributed by atoms with van der Waals surface area (Å²) in [6.07, 6.45) is 0. The van der Waals surface area contributed by atoms with Crippen LogP contribution < -0.4 is 10.2 Å². The molecule has 0 atom stereocenters. The Morgan fingerprint density at radius 3 is 3.17 bits per heavy atom. The Hall–Kier alpha value is -1.07. The summed E-state index contributed by atoms with van der Waals surface area (Å²) in [5.74, 6) is -0.0255. The number of rotatable bonds is 3. The minimum absolute atomic E-state index is 0.388. The number of carbonyl (C=O) groups excluding carboxylic acids is 1. The van der Waals surface area contributed by atoms with E-state index < -0.39 is 5.91 Å². The predicted octanol–water partition coefficient (Wildman–Crippen LogP) is 1.27. The summed E-state index contributed by atoms with van der Waals surface area (Å²) in [6.45, 7) is 2.33. The summed E-state index contributed by atoms with van der Waals surface area (Å²) in [6, 6.07) is 1.69. The van der Waals surface area contributed by atoms with E-state index in [0.717, 1.165) is 0 Å². The quantitative estimate of drug-likeness (QED) is 0.553. The van der Waals surface area contributed by atoms with Crippen LogP contribution in [0, 0.1) is 0 Å². The van der Waals surface area contributed by atoms with Crippen LogP contribution in [0.25, 0.3) is 0 Å². The van der Waals surface area contributed by atoms with Crippen LogP contribution in [0.15, 0.2) is 11.4 Å². The number of ether oxygens (including phenoxy) is 1. The summed E-state index contributed by atoms with van der Waals surface area (Å²) < 4.78 is 5.14. The van der Waals surface area contributed by atoms with Crippen LogP contribution in [0.4, 0.5) is 0 Å². The van der Waals surface area contributed by atoms with Crippen molar-refractivity contribution < 1.29 is 14.7 Å². The first-order chi connectivity index (χ1) is 5.79. The van der Waals surface area contributed by atoms with Gasteiger partial charge in [-0.3, -0.25) is 10.0 Å². The summed E-state index contributed by atoms with van der Waals surface area (Å²) in [7, 11) is 0. The fraction of sp³-hybridized carbons (Fsp3) is 0.286. The van der Waals surface area contributed by atoms with Gasteiger partial charge >= 0.3 is 0 Å². The van der Waals surface area contributed by atoms with Crippen molar-refractivity contribution in [1.29, 1.82) is 0 Å². The molecule has 0 unspecified atom stereocenters. The second-order valence-electron chi connectivity index (χ2n) is 1.99. The maximum absolute atomic E-state index is 10.9. The summed E-state index contributed by atoms with van der Waals surface area (Å²) >= 11 is 1.23. The third-order valence-electron chi connectivity index (χ3n) is 1.24. The standard InChI is InChI=1S/C7H9NO3S/c1-2-11-5-3-4-12-6(5)7(9)8-10/h3-4,10H,2H2,1H3,(H,8,9). The number of hydroxylamine groups is 1. The zero-order chi connectivity index (χ0) is 8.97. The van der Waals surface area contributed by atoms with Crippen molar-refractivity contribution in [2.24, 2.45) is 0 Å². The van der Waals surface area contributed by atoms with Crippen molar-refractivity contribution in [1.82, 2.24) is 5.48 Å². The second-order valence-corrected chi connectivity index (χ2v) is 2.90. The van der Waals surface area contributed by atoms with E-state index in [-0.39, 0.29) is 0 Å². The molecule has 0 saturated carbocycles. The minimum atomic E-state index is -0.534. The van der Waals surface area contributed by atoms with Crippen LogP contribution in [0.3, 0.4) is 0 Å². The highest BCUT2D eigenvalue weighted by Crippen LogP contribution is 2.24. The zero-order valence-corrected chi connectivity index (χ0v) is 7.35. The van der Waals surface area contributed by atoms with Gasteiger partial charge in [-0.1, -0.05) is 0 Å². The lowest BCUT2D eigenvalue weighted by Gasteiger charge is -2.01. The topological polar surface area (TPSA) is 58.6 Å². The van der Waals surface area contributed by atoms with Crippen LogP contribution in [0.5, 0.6) is 5.75 Å². The average molecular weight is 187 g/mol. The molecular weight excluding hydrogens is 178 g/mol. The van der Waals surface area contributed by atoms with Crippen molar-refractivity contribution in [2.45, 2.75) is 6.92 Å². The van der Waals surface area contributed by atoms with E-state index in [2.05, 4.69) is 0 Å². The Labute approximate surface area is 73.7 Å². The largest absolute Gasteiger partial charge is 0.492 e.